The van der Waals surface area contributed by atoms with E-state index in [9.17, 15) is 18.0 Å². The fraction of sp³-hybridized carbons (Fsp3) is 0.310. The van der Waals surface area contributed by atoms with Crippen LogP contribution in [0.2, 0.25) is 0 Å². The van der Waals surface area contributed by atoms with E-state index in [0.29, 0.717) is 10.2 Å². The Morgan fingerprint density at radius 3 is 2.00 bits per heavy atom. The predicted octanol–water partition coefficient (Wildman–Crippen LogP) is 4.77. The van der Waals surface area contributed by atoms with E-state index in [1.165, 1.54) is 4.90 Å². The summed E-state index contributed by atoms with van der Waals surface area (Å²) in [5.74, 6) is -0.755. The molecule has 0 saturated heterocycles. The fourth-order valence-corrected chi connectivity index (χ4v) is 5.50. The summed E-state index contributed by atoms with van der Waals surface area (Å²) in [5, 5.41) is 3.02. The molecule has 0 aliphatic rings. The first-order chi connectivity index (χ1) is 18.1. The summed E-state index contributed by atoms with van der Waals surface area (Å²) in [6, 6.07) is 24.8. The molecule has 9 heteroatoms. The maximum Gasteiger partial charge on any atom is 0.244 e. The first kappa shape index (κ1) is 29.4. The highest BCUT2D eigenvalue weighted by Crippen LogP contribution is 2.28. The van der Waals surface area contributed by atoms with Gasteiger partial charge in [0.15, 0.2) is 0 Å². The zero-order valence-electron chi connectivity index (χ0n) is 21.9. The Balaban J connectivity index is 2.05. The van der Waals surface area contributed by atoms with Crippen LogP contribution >= 0.6 is 15.9 Å². The van der Waals surface area contributed by atoms with Gasteiger partial charge in [0.05, 0.1) is 11.9 Å². The van der Waals surface area contributed by atoms with E-state index in [0.717, 1.165) is 28.1 Å². The zero-order chi connectivity index (χ0) is 27.7. The number of sulfonamides is 1. The van der Waals surface area contributed by atoms with Gasteiger partial charge in [0, 0.05) is 23.5 Å². The van der Waals surface area contributed by atoms with Crippen molar-refractivity contribution in [3.05, 3.63) is 101 Å². The van der Waals surface area contributed by atoms with Crippen LogP contribution in [0.25, 0.3) is 0 Å². The van der Waals surface area contributed by atoms with Gasteiger partial charge in [-0.25, -0.2) is 8.42 Å². The predicted molar refractivity (Wildman–Crippen MR) is 155 cm³/mol. The minimum absolute atomic E-state index is 0.0813. The Hall–Kier alpha value is -3.17. The van der Waals surface area contributed by atoms with Gasteiger partial charge in [-0.15, -0.1) is 0 Å². The fourth-order valence-electron chi connectivity index (χ4n) is 4.02. The number of anilines is 1. The molecule has 0 heterocycles. The van der Waals surface area contributed by atoms with Crippen molar-refractivity contribution >= 4 is 43.5 Å². The van der Waals surface area contributed by atoms with Crippen molar-refractivity contribution in [3.8, 4) is 0 Å². The minimum atomic E-state index is -3.81. The molecule has 3 aromatic rings. The molecule has 0 spiro atoms. The third-order valence-corrected chi connectivity index (χ3v) is 8.07. The summed E-state index contributed by atoms with van der Waals surface area (Å²) in [4.78, 5) is 29.1. The number of rotatable bonds is 12. The second kappa shape index (κ2) is 13.6. The summed E-state index contributed by atoms with van der Waals surface area (Å²) in [6.45, 7) is 3.60. The molecule has 202 valence electrons. The van der Waals surface area contributed by atoms with Gasteiger partial charge in [-0.3, -0.25) is 13.9 Å². The van der Waals surface area contributed by atoms with Crippen LogP contribution in [-0.2, 0) is 32.6 Å². The van der Waals surface area contributed by atoms with Gasteiger partial charge in [0.1, 0.15) is 12.6 Å². The van der Waals surface area contributed by atoms with Crippen molar-refractivity contribution in [2.45, 2.75) is 45.3 Å². The maximum absolute atomic E-state index is 14.0. The number of hydrogen-bond acceptors (Lipinski definition) is 4. The molecular weight excluding hydrogens is 566 g/mol. The zero-order valence-corrected chi connectivity index (χ0v) is 24.3. The Morgan fingerprint density at radius 2 is 1.45 bits per heavy atom. The van der Waals surface area contributed by atoms with Crippen molar-refractivity contribution in [2.75, 3.05) is 17.1 Å². The lowest BCUT2D eigenvalue weighted by atomic mass is 10.0. The smallest absolute Gasteiger partial charge is 0.244 e. The summed E-state index contributed by atoms with van der Waals surface area (Å²) < 4.78 is 27.3. The van der Waals surface area contributed by atoms with Crippen molar-refractivity contribution in [1.29, 1.82) is 0 Å². The Bertz CT molecular complexity index is 1320. The highest BCUT2D eigenvalue weighted by molar-refractivity contribution is 9.10. The number of nitrogens with zero attached hydrogens (tertiary/aromatic N) is 2. The standard InChI is InChI=1S/C29H34BrN3O4S/c1-4-22(2)31-29(35)27(19-23-13-7-5-8-14-23)32(20-24-15-9-6-10-16-24)28(34)21-33(38(3,36)37)26-18-12-11-17-25(26)30/h5-18,22,27H,4,19-21H2,1-3H3,(H,31,35)/t22-,27-/m0/s1. The van der Waals surface area contributed by atoms with Crippen LogP contribution in [-0.4, -0.2) is 50.0 Å². The van der Waals surface area contributed by atoms with E-state index in [4.69, 9.17) is 0 Å². The number of carbonyl (C=O) groups is 2. The van der Waals surface area contributed by atoms with E-state index in [1.807, 2.05) is 74.5 Å². The second-order valence-corrected chi connectivity index (χ2v) is 12.0. The molecule has 0 fully saturated rings. The third kappa shape index (κ3) is 8.16. The molecule has 7 nitrogen and oxygen atoms in total. The van der Waals surface area contributed by atoms with Crippen LogP contribution in [0.1, 0.15) is 31.4 Å². The Labute approximate surface area is 234 Å². The van der Waals surface area contributed by atoms with E-state index < -0.39 is 28.5 Å². The SMILES string of the molecule is CC[C@H](C)NC(=O)[C@H](Cc1ccccc1)N(Cc1ccccc1)C(=O)CN(c1ccccc1Br)S(C)(=O)=O. The lowest BCUT2D eigenvalue weighted by molar-refractivity contribution is -0.140. The van der Waals surface area contributed by atoms with Gasteiger partial charge in [0.25, 0.3) is 0 Å². The monoisotopic (exact) mass is 599 g/mol. The molecule has 0 saturated carbocycles. The number of benzene rings is 3. The molecule has 0 aliphatic heterocycles. The molecule has 0 aliphatic carbocycles. The Kier molecular flexibility index (Phi) is 10.5. The van der Waals surface area contributed by atoms with Gasteiger partial charge in [0.2, 0.25) is 21.8 Å². The van der Waals surface area contributed by atoms with Crippen LogP contribution in [0.3, 0.4) is 0 Å². The van der Waals surface area contributed by atoms with E-state index in [-0.39, 0.29) is 24.9 Å². The molecule has 3 rings (SSSR count). The molecule has 38 heavy (non-hydrogen) atoms. The van der Waals surface area contributed by atoms with Crippen molar-refractivity contribution < 1.29 is 18.0 Å². The molecule has 2 amide bonds. The van der Waals surface area contributed by atoms with Crippen LogP contribution in [0.4, 0.5) is 5.69 Å². The Morgan fingerprint density at radius 1 is 0.895 bits per heavy atom. The van der Waals surface area contributed by atoms with Crippen LogP contribution in [0.15, 0.2) is 89.4 Å². The molecule has 1 N–H and O–H groups in total. The molecule has 0 unspecified atom stereocenters. The number of halogens is 1. The average molecular weight is 601 g/mol. The number of carbonyl (C=O) groups excluding carboxylic acids is 2. The van der Waals surface area contributed by atoms with E-state index in [2.05, 4.69) is 21.2 Å². The molecule has 3 aromatic carbocycles. The number of hydrogen-bond donors (Lipinski definition) is 1. The largest absolute Gasteiger partial charge is 0.352 e. The highest BCUT2D eigenvalue weighted by Gasteiger charge is 2.33. The summed E-state index contributed by atoms with van der Waals surface area (Å²) in [7, 11) is -3.81. The second-order valence-electron chi connectivity index (χ2n) is 9.25. The first-order valence-corrected chi connectivity index (χ1v) is 15.1. The number of nitrogens with one attached hydrogen (secondary N) is 1. The number of amides is 2. The lowest BCUT2D eigenvalue weighted by Gasteiger charge is -2.34. The van der Waals surface area contributed by atoms with Gasteiger partial charge < -0.3 is 10.2 Å². The van der Waals surface area contributed by atoms with Gasteiger partial charge in [-0.2, -0.15) is 0 Å². The van der Waals surface area contributed by atoms with Crippen molar-refractivity contribution in [3.63, 3.8) is 0 Å². The van der Waals surface area contributed by atoms with Gasteiger partial charge in [-0.05, 0) is 52.5 Å². The van der Waals surface area contributed by atoms with Gasteiger partial charge in [-0.1, -0.05) is 79.7 Å². The minimum Gasteiger partial charge on any atom is -0.352 e. The van der Waals surface area contributed by atoms with Crippen LogP contribution < -0.4 is 9.62 Å². The number of para-hydroxylation sites is 1. The van der Waals surface area contributed by atoms with Crippen LogP contribution in [0.5, 0.6) is 0 Å². The molecule has 0 bridgehead atoms. The summed E-state index contributed by atoms with van der Waals surface area (Å²) in [6.07, 6.45) is 2.09. The first-order valence-electron chi connectivity index (χ1n) is 12.5. The maximum atomic E-state index is 14.0. The normalized spacial score (nSPS) is 12.8. The molecule has 2 atom stereocenters. The lowest BCUT2D eigenvalue weighted by Crippen LogP contribution is -2.54. The molecular formula is C29H34BrN3O4S. The van der Waals surface area contributed by atoms with E-state index >= 15 is 0 Å². The summed E-state index contributed by atoms with van der Waals surface area (Å²) >= 11 is 3.41. The quantitative estimate of drug-likeness (QED) is 0.325. The summed E-state index contributed by atoms with van der Waals surface area (Å²) in [5.41, 5.74) is 2.09. The van der Waals surface area contributed by atoms with Crippen LogP contribution in [0, 0.1) is 0 Å². The van der Waals surface area contributed by atoms with E-state index in [1.54, 1.807) is 24.3 Å². The molecule has 0 aromatic heterocycles. The molecule has 0 radical (unpaired) electrons. The van der Waals surface area contributed by atoms with Crippen molar-refractivity contribution in [2.24, 2.45) is 0 Å². The van der Waals surface area contributed by atoms with Gasteiger partial charge >= 0.3 is 0 Å². The third-order valence-electron chi connectivity index (χ3n) is 6.27. The van der Waals surface area contributed by atoms with Crippen molar-refractivity contribution in [1.82, 2.24) is 10.2 Å². The average Bonchev–Trinajstić information content (AvgIpc) is 2.90. The highest BCUT2D eigenvalue weighted by atomic mass is 79.9. The topological polar surface area (TPSA) is 86.8 Å².